The minimum absolute atomic E-state index is 0.391. The third-order valence-electron chi connectivity index (χ3n) is 5.69. The first-order chi connectivity index (χ1) is 9.90. The first-order valence-corrected chi connectivity index (χ1v) is 8.99. The Bertz CT molecular complexity index is 307. The van der Waals surface area contributed by atoms with E-state index in [-0.39, 0.29) is 0 Å². The maximum Gasteiger partial charge on any atom is 0.0702 e. The standard InChI is InChI=1S/C18H36N2O/c1-5-20(13-16-7-6-10-21-16)12-14-11-15(18(2,3)4)8-9-17(14)19/h14-17H,5-13,19H2,1-4H3. The summed E-state index contributed by atoms with van der Waals surface area (Å²) in [5.41, 5.74) is 6.86. The van der Waals surface area contributed by atoms with Crippen LogP contribution in [0.25, 0.3) is 0 Å². The number of hydrogen-bond donors (Lipinski definition) is 1. The highest BCUT2D eigenvalue weighted by Gasteiger charge is 2.35. The Morgan fingerprint density at radius 2 is 1.90 bits per heavy atom. The molecule has 4 atom stereocenters. The molecule has 0 aromatic carbocycles. The quantitative estimate of drug-likeness (QED) is 0.846. The lowest BCUT2D eigenvalue weighted by Gasteiger charge is -2.42. The molecular weight excluding hydrogens is 260 g/mol. The van der Waals surface area contributed by atoms with E-state index in [0.29, 0.717) is 23.5 Å². The zero-order chi connectivity index (χ0) is 15.5. The molecule has 3 nitrogen and oxygen atoms in total. The van der Waals surface area contributed by atoms with Crippen molar-refractivity contribution in [2.24, 2.45) is 23.0 Å². The van der Waals surface area contributed by atoms with Crippen LogP contribution in [0.1, 0.15) is 59.8 Å². The zero-order valence-corrected chi connectivity index (χ0v) is 14.6. The van der Waals surface area contributed by atoms with Gasteiger partial charge >= 0.3 is 0 Å². The van der Waals surface area contributed by atoms with Crippen LogP contribution in [0, 0.1) is 17.3 Å². The fraction of sp³-hybridized carbons (Fsp3) is 1.00. The van der Waals surface area contributed by atoms with Gasteiger partial charge in [0.1, 0.15) is 0 Å². The van der Waals surface area contributed by atoms with E-state index in [4.69, 9.17) is 10.5 Å². The third kappa shape index (κ3) is 4.94. The normalized spacial score (nSPS) is 34.6. The molecule has 2 N–H and O–H groups in total. The smallest absolute Gasteiger partial charge is 0.0702 e. The molecule has 0 amide bonds. The maximum atomic E-state index is 6.44. The third-order valence-corrected chi connectivity index (χ3v) is 5.69. The van der Waals surface area contributed by atoms with E-state index in [1.54, 1.807) is 0 Å². The average molecular weight is 296 g/mol. The molecule has 0 aromatic heterocycles. The van der Waals surface area contributed by atoms with Crippen LogP contribution in [0.5, 0.6) is 0 Å². The Hall–Kier alpha value is -0.120. The fourth-order valence-corrected chi connectivity index (χ4v) is 4.02. The van der Waals surface area contributed by atoms with Crippen LogP contribution in [-0.4, -0.2) is 43.3 Å². The van der Waals surface area contributed by atoms with Crippen LogP contribution in [0.3, 0.4) is 0 Å². The van der Waals surface area contributed by atoms with E-state index < -0.39 is 0 Å². The van der Waals surface area contributed by atoms with Crippen molar-refractivity contribution in [1.82, 2.24) is 4.90 Å². The second-order valence-corrected chi connectivity index (χ2v) is 8.29. The Morgan fingerprint density at radius 3 is 2.48 bits per heavy atom. The topological polar surface area (TPSA) is 38.5 Å². The SMILES string of the molecule is CCN(CC1CCCO1)CC1CC(C(C)(C)C)CCC1N. The first-order valence-electron chi connectivity index (χ1n) is 8.99. The van der Waals surface area contributed by atoms with Gasteiger partial charge in [0.15, 0.2) is 0 Å². The summed E-state index contributed by atoms with van der Waals surface area (Å²) in [4.78, 5) is 2.57. The summed E-state index contributed by atoms with van der Waals surface area (Å²) in [5.74, 6) is 1.48. The van der Waals surface area contributed by atoms with Gasteiger partial charge in [-0.1, -0.05) is 27.7 Å². The van der Waals surface area contributed by atoms with Gasteiger partial charge in [0.2, 0.25) is 0 Å². The zero-order valence-electron chi connectivity index (χ0n) is 14.6. The van der Waals surface area contributed by atoms with Crippen LogP contribution in [0.2, 0.25) is 0 Å². The molecular formula is C18H36N2O. The number of likely N-dealkylation sites (N-methyl/N-ethyl adjacent to an activating group) is 1. The first kappa shape index (κ1) is 17.2. The molecule has 0 bridgehead atoms. The van der Waals surface area contributed by atoms with Gasteiger partial charge in [0, 0.05) is 25.7 Å². The molecule has 1 aliphatic carbocycles. The van der Waals surface area contributed by atoms with Gasteiger partial charge < -0.3 is 15.4 Å². The minimum atomic E-state index is 0.391. The summed E-state index contributed by atoms with van der Waals surface area (Å²) < 4.78 is 5.80. The molecule has 4 unspecified atom stereocenters. The second-order valence-electron chi connectivity index (χ2n) is 8.29. The summed E-state index contributed by atoms with van der Waals surface area (Å²) in [6, 6.07) is 0.391. The number of ether oxygens (including phenoxy) is 1. The van der Waals surface area contributed by atoms with Gasteiger partial charge in [-0.25, -0.2) is 0 Å². The summed E-state index contributed by atoms with van der Waals surface area (Å²) in [6.45, 7) is 13.7. The van der Waals surface area contributed by atoms with Crippen LogP contribution in [-0.2, 0) is 4.74 Å². The Kier molecular flexibility index (Phi) is 6.10. The van der Waals surface area contributed by atoms with Crippen LogP contribution in [0.15, 0.2) is 0 Å². The van der Waals surface area contributed by atoms with E-state index in [1.807, 2.05) is 0 Å². The van der Waals surface area contributed by atoms with Gasteiger partial charge in [-0.3, -0.25) is 0 Å². The van der Waals surface area contributed by atoms with Gasteiger partial charge in [0.25, 0.3) is 0 Å². The molecule has 1 heterocycles. The van der Waals surface area contributed by atoms with Crippen molar-refractivity contribution in [3.8, 4) is 0 Å². The van der Waals surface area contributed by atoms with E-state index in [1.165, 1.54) is 32.1 Å². The van der Waals surface area contributed by atoms with E-state index >= 15 is 0 Å². The second kappa shape index (κ2) is 7.43. The highest BCUT2D eigenvalue weighted by atomic mass is 16.5. The van der Waals surface area contributed by atoms with Crippen molar-refractivity contribution in [3.63, 3.8) is 0 Å². The molecule has 21 heavy (non-hydrogen) atoms. The summed E-state index contributed by atoms with van der Waals surface area (Å²) in [7, 11) is 0. The van der Waals surface area contributed by atoms with Crippen molar-refractivity contribution in [2.75, 3.05) is 26.2 Å². The van der Waals surface area contributed by atoms with Gasteiger partial charge in [0.05, 0.1) is 6.10 Å². The predicted octanol–water partition coefficient (Wildman–Crippen LogP) is 3.28. The maximum absolute atomic E-state index is 6.44. The number of rotatable bonds is 5. The molecule has 2 aliphatic rings. The molecule has 2 rings (SSSR count). The molecule has 3 heteroatoms. The van der Waals surface area contributed by atoms with Crippen molar-refractivity contribution in [2.45, 2.75) is 71.9 Å². The number of hydrogen-bond acceptors (Lipinski definition) is 3. The summed E-state index contributed by atoms with van der Waals surface area (Å²) >= 11 is 0. The van der Waals surface area contributed by atoms with Crippen LogP contribution in [0.4, 0.5) is 0 Å². The largest absolute Gasteiger partial charge is 0.377 e. The number of nitrogens with two attached hydrogens (primary N) is 1. The summed E-state index contributed by atoms with van der Waals surface area (Å²) in [6.07, 6.45) is 6.73. The van der Waals surface area contributed by atoms with Crippen molar-refractivity contribution in [1.29, 1.82) is 0 Å². The van der Waals surface area contributed by atoms with Crippen molar-refractivity contribution < 1.29 is 4.74 Å². The molecule has 1 saturated heterocycles. The van der Waals surface area contributed by atoms with Gasteiger partial charge in [-0.2, -0.15) is 0 Å². The van der Waals surface area contributed by atoms with Crippen molar-refractivity contribution in [3.05, 3.63) is 0 Å². The number of nitrogens with zero attached hydrogens (tertiary/aromatic N) is 1. The fourth-order valence-electron chi connectivity index (χ4n) is 4.02. The van der Waals surface area contributed by atoms with Gasteiger partial charge in [-0.05, 0) is 55.9 Å². The molecule has 124 valence electrons. The highest BCUT2D eigenvalue weighted by Crippen LogP contribution is 2.40. The predicted molar refractivity (Wildman–Crippen MR) is 89.3 cm³/mol. The molecule has 0 aromatic rings. The summed E-state index contributed by atoms with van der Waals surface area (Å²) in [5, 5.41) is 0. The minimum Gasteiger partial charge on any atom is -0.377 e. The molecule has 2 fully saturated rings. The van der Waals surface area contributed by atoms with E-state index in [9.17, 15) is 0 Å². The Balaban J connectivity index is 1.88. The Labute approximate surface area is 131 Å². The molecule has 0 radical (unpaired) electrons. The highest BCUT2D eigenvalue weighted by molar-refractivity contribution is 4.89. The van der Waals surface area contributed by atoms with Crippen molar-refractivity contribution >= 4 is 0 Å². The lowest BCUT2D eigenvalue weighted by Crippen LogP contribution is -2.46. The van der Waals surface area contributed by atoms with E-state index in [2.05, 4.69) is 32.6 Å². The monoisotopic (exact) mass is 296 g/mol. The lowest BCUT2D eigenvalue weighted by atomic mass is 9.67. The van der Waals surface area contributed by atoms with Crippen LogP contribution < -0.4 is 5.73 Å². The average Bonchev–Trinajstić information content (AvgIpc) is 2.92. The molecule has 1 aliphatic heterocycles. The molecule has 0 spiro atoms. The lowest BCUT2D eigenvalue weighted by molar-refractivity contribution is 0.0537. The van der Waals surface area contributed by atoms with Crippen LogP contribution >= 0.6 is 0 Å². The Morgan fingerprint density at radius 1 is 1.14 bits per heavy atom. The molecule has 1 saturated carbocycles. The van der Waals surface area contributed by atoms with Gasteiger partial charge in [-0.15, -0.1) is 0 Å². The van der Waals surface area contributed by atoms with E-state index in [0.717, 1.165) is 32.2 Å².